The zero-order chi connectivity index (χ0) is 11.5. The van der Waals surface area contributed by atoms with Crippen LogP contribution in [0.3, 0.4) is 0 Å². The number of thioether (sulfide) groups is 1. The summed E-state index contributed by atoms with van der Waals surface area (Å²) in [5, 5.41) is 9.13. The van der Waals surface area contributed by atoms with Gasteiger partial charge >= 0.3 is 5.97 Å². The minimum Gasteiger partial charge on any atom is -0.480 e. The first-order valence-electron chi connectivity index (χ1n) is 5.05. The van der Waals surface area contributed by atoms with E-state index in [9.17, 15) is 4.79 Å². The van der Waals surface area contributed by atoms with Crippen molar-refractivity contribution < 1.29 is 9.90 Å². The summed E-state index contributed by atoms with van der Waals surface area (Å²) in [5.74, 6) is 1.22. The Bertz CT molecular complexity index is 399. The number of rotatable bonds is 2. The third-order valence-corrected chi connectivity index (χ3v) is 3.48. The molecule has 86 valence electrons. The van der Waals surface area contributed by atoms with Crippen molar-refractivity contribution in [2.75, 3.05) is 23.0 Å². The predicted molar refractivity (Wildman–Crippen MR) is 62.9 cm³/mol. The molecule has 1 aromatic rings. The lowest BCUT2D eigenvalue weighted by molar-refractivity contribution is -0.138. The summed E-state index contributed by atoms with van der Waals surface area (Å²) in [4.78, 5) is 21.3. The van der Waals surface area contributed by atoms with Crippen LogP contribution in [0.25, 0.3) is 0 Å². The molecule has 6 heteroatoms. The second kappa shape index (κ2) is 4.69. The van der Waals surface area contributed by atoms with Gasteiger partial charge in [0.05, 0.1) is 0 Å². The van der Waals surface area contributed by atoms with Crippen molar-refractivity contribution in [2.24, 2.45) is 0 Å². The van der Waals surface area contributed by atoms with Crippen molar-refractivity contribution in [3.8, 4) is 0 Å². The number of aliphatic carboxylic acids is 1. The molecule has 0 radical (unpaired) electrons. The number of carboxylic acids is 1. The third kappa shape index (κ3) is 2.27. The fourth-order valence-corrected chi connectivity index (χ4v) is 2.66. The number of aromatic nitrogens is 2. The maximum Gasteiger partial charge on any atom is 0.327 e. The summed E-state index contributed by atoms with van der Waals surface area (Å²) >= 11 is 1.66. The fourth-order valence-electron chi connectivity index (χ4n) is 1.62. The van der Waals surface area contributed by atoms with Gasteiger partial charge in [0.1, 0.15) is 6.04 Å². The zero-order valence-corrected chi connectivity index (χ0v) is 9.78. The predicted octanol–water partition coefficient (Wildman–Crippen LogP) is 0.791. The Labute approximate surface area is 97.9 Å². The Kier molecular flexibility index (Phi) is 3.28. The number of nitrogens with zero attached hydrogens (tertiary/aromatic N) is 3. The first-order valence-corrected chi connectivity index (χ1v) is 6.21. The van der Waals surface area contributed by atoms with Crippen molar-refractivity contribution in [1.29, 1.82) is 0 Å². The number of anilines is 1. The van der Waals surface area contributed by atoms with E-state index in [4.69, 9.17) is 5.11 Å². The highest BCUT2D eigenvalue weighted by atomic mass is 32.2. The Morgan fingerprint density at radius 3 is 3.19 bits per heavy atom. The van der Waals surface area contributed by atoms with Crippen LogP contribution in [0.5, 0.6) is 0 Å². The van der Waals surface area contributed by atoms with Crippen molar-refractivity contribution in [2.45, 2.75) is 13.0 Å². The van der Waals surface area contributed by atoms with E-state index >= 15 is 0 Å². The summed E-state index contributed by atoms with van der Waals surface area (Å²) in [5.41, 5.74) is 0.854. The van der Waals surface area contributed by atoms with Gasteiger partial charge in [-0.15, -0.1) is 0 Å². The maximum atomic E-state index is 11.1. The van der Waals surface area contributed by atoms with Crippen LogP contribution in [-0.4, -0.2) is 45.1 Å². The molecule has 1 aliphatic rings. The number of carboxylic acid groups (broad SMARTS) is 1. The summed E-state index contributed by atoms with van der Waals surface area (Å²) in [7, 11) is 0. The maximum absolute atomic E-state index is 11.1. The molecule has 5 nitrogen and oxygen atoms in total. The van der Waals surface area contributed by atoms with Crippen molar-refractivity contribution in [3.05, 3.63) is 18.0 Å². The minimum atomic E-state index is -0.808. The standard InChI is InChI=1S/C10H13N3O2S/c1-7-2-3-11-10(12-7)13-4-5-16-6-8(13)9(14)15/h2-3,8H,4-6H2,1H3,(H,14,15). The van der Waals surface area contributed by atoms with Gasteiger partial charge < -0.3 is 10.0 Å². The molecule has 0 saturated carbocycles. The molecule has 2 rings (SSSR count). The van der Waals surface area contributed by atoms with Gasteiger partial charge in [-0.25, -0.2) is 14.8 Å². The van der Waals surface area contributed by atoms with Crippen LogP contribution in [0, 0.1) is 6.92 Å². The van der Waals surface area contributed by atoms with E-state index in [0.717, 1.165) is 11.4 Å². The average Bonchev–Trinajstić information content (AvgIpc) is 2.29. The van der Waals surface area contributed by atoms with Gasteiger partial charge in [0.25, 0.3) is 0 Å². The molecule has 1 saturated heterocycles. The lowest BCUT2D eigenvalue weighted by atomic mass is 10.3. The van der Waals surface area contributed by atoms with Crippen LogP contribution in [0.2, 0.25) is 0 Å². The van der Waals surface area contributed by atoms with E-state index in [2.05, 4.69) is 9.97 Å². The molecule has 1 unspecified atom stereocenters. The highest BCUT2D eigenvalue weighted by molar-refractivity contribution is 7.99. The van der Waals surface area contributed by atoms with Crippen molar-refractivity contribution in [3.63, 3.8) is 0 Å². The highest BCUT2D eigenvalue weighted by Gasteiger charge is 2.30. The summed E-state index contributed by atoms with van der Waals surface area (Å²) in [6, 6.07) is 1.29. The summed E-state index contributed by atoms with van der Waals surface area (Å²) in [6.07, 6.45) is 1.67. The molecule has 0 bridgehead atoms. The zero-order valence-electron chi connectivity index (χ0n) is 8.96. The van der Waals surface area contributed by atoms with Gasteiger partial charge in [0, 0.05) is 29.9 Å². The Morgan fingerprint density at radius 1 is 1.69 bits per heavy atom. The van der Waals surface area contributed by atoms with E-state index < -0.39 is 12.0 Å². The third-order valence-electron chi connectivity index (χ3n) is 2.45. The molecule has 0 aromatic carbocycles. The number of hydrogen-bond donors (Lipinski definition) is 1. The molecule has 0 spiro atoms. The number of carbonyl (C=O) groups is 1. The molecule has 1 N–H and O–H groups in total. The highest BCUT2D eigenvalue weighted by Crippen LogP contribution is 2.21. The Morgan fingerprint density at radius 2 is 2.50 bits per heavy atom. The lowest BCUT2D eigenvalue weighted by Gasteiger charge is -2.32. The van der Waals surface area contributed by atoms with Gasteiger partial charge in [0.15, 0.2) is 0 Å². The molecule has 1 fully saturated rings. The van der Waals surface area contributed by atoms with E-state index in [0.29, 0.717) is 18.2 Å². The second-order valence-electron chi connectivity index (χ2n) is 3.62. The lowest BCUT2D eigenvalue weighted by Crippen LogP contribution is -2.48. The molecular formula is C10H13N3O2S. The van der Waals surface area contributed by atoms with Crippen LogP contribution < -0.4 is 4.90 Å². The largest absolute Gasteiger partial charge is 0.480 e. The fraction of sp³-hybridized carbons (Fsp3) is 0.500. The minimum absolute atomic E-state index is 0.513. The quantitative estimate of drug-likeness (QED) is 0.823. The van der Waals surface area contributed by atoms with Crippen molar-refractivity contribution in [1.82, 2.24) is 9.97 Å². The molecule has 1 atom stereocenters. The Hall–Kier alpha value is -1.30. The van der Waals surface area contributed by atoms with Gasteiger partial charge in [-0.3, -0.25) is 0 Å². The van der Waals surface area contributed by atoms with Crippen LogP contribution in [-0.2, 0) is 4.79 Å². The number of aryl methyl sites for hydroxylation is 1. The molecule has 1 aromatic heterocycles. The molecule has 16 heavy (non-hydrogen) atoms. The van der Waals surface area contributed by atoms with Gasteiger partial charge in [-0.2, -0.15) is 11.8 Å². The summed E-state index contributed by atoms with van der Waals surface area (Å²) in [6.45, 7) is 2.56. The molecule has 0 aliphatic carbocycles. The van der Waals surface area contributed by atoms with E-state index in [1.165, 1.54) is 0 Å². The topological polar surface area (TPSA) is 66.3 Å². The first kappa shape index (κ1) is 11.2. The normalized spacial score (nSPS) is 20.8. The second-order valence-corrected chi connectivity index (χ2v) is 4.77. The summed E-state index contributed by atoms with van der Waals surface area (Å²) < 4.78 is 0. The smallest absolute Gasteiger partial charge is 0.327 e. The van der Waals surface area contributed by atoms with Crippen LogP contribution >= 0.6 is 11.8 Å². The first-order chi connectivity index (χ1) is 7.68. The molecule has 1 aliphatic heterocycles. The van der Waals surface area contributed by atoms with E-state index in [1.807, 2.05) is 6.92 Å². The molecule has 0 amide bonds. The molecule has 2 heterocycles. The average molecular weight is 239 g/mol. The van der Waals surface area contributed by atoms with Crippen LogP contribution in [0.15, 0.2) is 12.3 Å². The SMILES string of the molecule is Cc1ccnc(N2CCSCC2C(=O)O)n1. The van der Waals surface area contributed by atoms with Gasteiger partial charge in [-0.05, 0) is 13.0 Å². The Balaban J connectivity index is 2.26. The van der Waals surface area contributed by atoms with Crippen LogP contribution in [0.1, 0.15) is 5.69 Å². The van der Waals surface area contributed by atoms with E-state index in [1.54, 1.807) is 28.9 Å². The molecular weight excluding hydrogens is 226 g/mol. The van der Waals surface area contributed by atoms with E-state index in [-0.39, 0.29) is 0 Å². The van der Waals surface area contributed by atoms with Gasteiger partial charge in [0.2, 0.25) is 5.95 Å². The van der Waals surface area contributed by atoms with Crippen LogP contribution in [0.4, 0.5) is 5.95 Å². The van der Waals surface area contributed by atoms with Gasteiger partial charge in [-0.1, -0.05) is 0 Å². The number of hydrogen-bond acceptors (Lipinski definition) is 5. The van der Waals surface area contributed by atoms with Crippen molar-refractivity contribution >= 4 is 23.7 Å². The monoisotopic (exact) mass is 239 g/mol.